The lowest BCUT2D eigenvalue weighted by Crippen LogP contribution is -2.63. The Balaban J connectivity index is 2.85. The molecule has 0 aromatic heterocycles. The fraction of sp³-hybridized carbons (Fsp3) is 0.630. The van der Waals surface area contributed by atoms with Gasteiger partial charge in [-0.2, -0.15) is 0 Å². The smallest absolute Gasteiger partial charge is 0.331 e. The van der Waals surface area contributed by atoms with E-state index in [9.17, 15) is 68.4 Å². The summed E-state index contributed by atoms with van der Waals surface area (Å²) in [6.07, 6.45) is -7.39. The number of guanidine groups is 1. The number of carbonyl (C=O) groups excluding carboxylic acids is 10. The van der Waals surface area contributed by atoms with Crippen LogP contribution in [0.1, 0.15) is 85.8 Å². The minimum atomic E-state index is -2.49. The third-order valence-corrected chi connectivity index (χ3v) is 11.8. The van der Waals surface area contributed by atoms with Crippen LogP contribution in [0.2, 0.25) is 0 Å². The van der Waals surface area contributed by atoms with Crippen molar-refractivity contribution in [3.8, 4) is 0 Å². The molecule has 1 heterocycles. The van der Waals surface area contributed by atoms with Gasteiger partial charge in [0.15, 0.2) is 24.2 Å². The number of aliphatic hydroxyl groups excluding tert-OH is 4. The molecule has 0 saturated carbocycles. The topological polar surface area (TPSA) is 471 Å². The quantitative estimate of drug-likeness (QED) is 0.0336. The average molecular weight is 1050 g/mol. The van der Waals surface area contributed by atoms with E-state index in [2.05, 4.69) is 37.2 Å². The van der Waals surface area contributed by atoms with Gasteiger partial charge in [-0.25, -0.2) is 4.79 Å². The number of benzene rings is 1. The number of nitrogens with one attached hydrogen (secondary N) is 10. The second-order valence-corrected chi connectivity index (χ2v) is 18.7. The summed E-state index contributed by atoms with van der Waals surface area (Å²) in [6.45, 7) is 8.69. The molecule has 28 heteroatoms. The first-order valence-corrected chi connectivity index (χ1v) is 24.1. The molecular formula is C46H75N13O15. The third kappa shape index (κ3) is 19.4. The first-order valence-electron chi connectivity index (χ1n) is 24.1. The van der Waals surface area contributed by atoms with Gasteiger partial charge in [0, 0.05) is 6.54 Å². The van der Waals surface area contributed by atoms with Crippen LogP contribution in [-0.4, -0.2) is 172 Å². The monoisotopic (exact) mass is 1050 g/mol. The van der Waals surface area contributed by atoms with Gasteiger partial charge in [-0.1, -0.05) is 78.3 Å². The summed E-state index contributed by atoms with van der Waals surface area (Å²) in [5, 5.41) is 71.6. The summed E-state index contributed by atoms with van der Waals surface area (Å²) in [6, 6.07) is -6.93. The number of rotatable bonds is 15. The first kappa shape index (κ1) is 63.1. The fourth-order valence-electron chi connectivity index (χ4n) is 7.31. The molecule has 1 fully saturated rings. The summed E-state index contributed by atoms with van der Waals surface area (Å²) >= 11 is 0. The van der Waals surface area contributed by atoms with Crippen LogP contribution in [0.4, 0.5) is 0 Å². The van der Waals surface area contributed by atoms with Crippen molar-refractivity contribution in [2.24, 2.45) is 35.0 Å². The largest absolute Gasteiger partial charge is 0.454 e. The zero-order chi connectivity index (χ0) is 56.1. The second-order valence-electron chi connectivity index (χ2n) is 18.7. The maximum atomic E-state index is 14.3. The van der Waals surface area contributed by atoms with Crippen molar-refractivity contribution in [1.82, 2.24) is 47.9 Å². The zero-order valence-corrected chi connectivity index (χ0v) is 42.5. The van der Waals surface area contributed by atoms with Gasteiger partial charge in [-0.15, -0.1) is 0 Å². The molecule has 1 aliphatic rings. The predicted octanol–water partition coefficient (Wildman–Crippen LogP) is -6.29. The molecule has 414 valence electrons. The van der Waals surface area contributed by atoms with Gasteiger partial charge in [0.2, 0.25) is 53.2 Å². The molecule has 0 bridgehead atoms. The van der Waals surface area contributed by atoms with E-state index in [0.29, 0.717) is 0 Å². The second kappa shape index (κ2) is 30.2. The Labute approximate surface area is 428 Å². The van der Waals surface area contributed by atoms with Crippen LogP contribution in [0.3, 0.4) is 0 Å². The highest BCUT2D eigenvalue weighted by Crippen LogP contribution is 2.22. The Hall–Kier alpha value is -7.01. The number of primary amides is 1. The molecule has 1 aromatic rings. The number of esters is 1. The van der Waals surface area contributed by atoms with Crippen LogP contribution in [0.5, 0.6) is 0 Å². The van der Waals surface area contributed by atoms with Crippen LogP contribution in [0.15, 0.2) is 30.3 Å². The number of hydrogen-bond acceptors (Lipinski definition) is 17. The normalized spacial score (nSPS) is 26.6. The molecule has 13 atom stereocenters. The van der Waals surface area contributed by atoms with Crippen LogP contribution in [0.25, 0.3) is 0 Å². The summed E-state index contributed by atoms with van der Waals surface area (Å²) < 4.78 is 5.59. The van der Waals surface area contributed by atoms with Gasteiger partial charge in [0.05, 0.1) is 25.4 Å². The summed E-state index contributed by atoms with van der Waals surface area (Å²) in [7, 11) is 0. The zero-order valence-electron chi connectivity index (χ0n) is 42.5. The molecule has 9 amide bonds. The van der Waals surface area contributed by atoms with E-state index >= 15 is 0 Å². The van der Waals surface area contributed by atoms with Crippen molar-refractivity contribution >= 4 is 65.1 Å². The minimum absolute atomic E-state index is 0.0577. The van der Waals surface area contributed by atoms with Gasteiger partial charge in [0.1, 0.15) is 42.3 Å². The van der Waals surface area contributed by atoms with Crippen molar-refractivity contribution in [3.05, 3.63) is 35.9 Å². The van der Waals surface area contributed by atoms with E-state index in [1.54, 1.807) is 33.8 Å². The van der Waals surface area contributed by atoms with E-state index in [0.717, 1.165) is 6.92 Å². The number of carbonyl (C=O) groups is 10. The molecule has 28 nitrogen and oxygen atoms in total. The van der Waals surface area contributed by atoms with Crippen molar-refractivity contribution in [3.63, 3.8) is 0 Å². The molecule has 4 unspecified atom stereocenters. The number of amides is 9. The molecule has 2 rings (SSSR count). The molecule has 74 heavy (non-hydrogen) atoms. The maximum Gasteiger partial charge on any atom is 0.331 e. The molecule has 20 N–H and O–H groups in total. The highest BCUT2D eigenvalue weighted by Gasteiger charge is 2.41. The number of ether oxygens (including phenoxy) is 1. The molecular weight excluding hydrogens is 975 g/mol. The van der Waals surface area contributed by atoms with Crippen molar-refractivity contribution < 1.29 is 73.1 Å². The Bertz CT molecular complexity index is 2130. The Morgan fingerprint density at radius 2 is 1.26 bits per heavy atom. The van der Waals surface area contributed by atoms with Gasteiger partial charge >= 0.3 is 5.97 Å². The highest BCUT2D eigenvalue weighted by atomic mass is 16.5. The van der Waals surface area contributed by atoms with Gasteiger partial charge < -0.3 is 90.2 Å². The summed E-state index contributed by atoms with van der Waals surface area (Å²) in [5.41, 5.74) is 17.2. The van der Waals surface area contributed by atoms with Gasteiger partial charge in [0.25, 0.3) is 0 Å². The number of aliphatic hydroxyl groups is 4. The van der Waals surface area contributed by atoms with E-state index in [1.165, 1.54) is 38.1 Å². The SMILES string of the molecule is CC[C@H](C)C1NC(=O)[C@@H](CCCNC(=N)N)NC(=O)[C@H](CC(C)C)NC(=O)C([C@H](O)C(C)C)NC(=O)[C@@H](N)[C@@H](c2ccccc2)OC(=O)[C@H](CO)NC(=O)C([C@H](O)C(N)=O)NC(=O)CNC(=O)C([C@H](C)O)NC1=O. The van der Waals surface area contributed by atoms with E-state index in [-0.39, 0.29) is 49.7 Å². The van der Waals surface area contributed by atoms with Crippen molar-refractivity contribution in [2.75, 3.05) is 19.7 Å². The lowest BCUT2D eigenvalue weighted by atomic mass is 9.96. The molecule has 1 aromatic carbocycles. The maximum absolute atomic E-state index is 14.3. The number of hydrogen-bond donors (Lipinski definition) is 17. The molecule has 0 radical (unpaired) electrons. The molecule has 1 saturated heterocycles. The lowest BCUT2D eigenvalue weighted by molar-refractivity contribution is -0.157. The molecule has 0 spiro atoms. The van der Waals surface area contributed by atoms with E-state index in [4.69, 9.17) is 27.3 Å². The van der Waals surface area contributed by atoms with Gasteiger partial charge in [-0.3, -0.25) is 48.6 Å². The van der Waals surface area contributed by atoms with E-state index in [1.807, 2.05) is 10.6 Å². The summed E-state index contributed by atoms with van der Waals surface area (Å²) in [5.74, 6) is -14.1. The van der Waals surface area contributed by atoms with Crippen LogP contribution in [-0.2, 0) is 52.7 Å². The van der Waals surface area contributed by atoms with Gasteiger partial charge in [-0.05, 0) is 49.5 Å². The van der Waals surface area contributed by atoms with Crippen molar-refractivity contribution in [1.29, 1.82) is 5.41 Å². The van der Waals surface area contributed by atoms with Crippen LogP contribution >= 0.6 is 0 Å². The van der Waals surface area contributed by atoms with Crippen LogP contribution < -0.4 is 65.1 Å². The molecule has 0 aliphatic carbocycles. The van der Waals surface area contributed by atoms with Crippen molar-refractivity contribution in [2.45, 2.75) is 147 Å². The van der Waals surface area contributed by atoms with Crippen LogP contribution in [0, 0.1) is 23.2 Å². The Kier molecular flexibility index (Phi) is 25.8. The highest BCUT2D eigenvalue weighted by molar-refractivity contribution is 5.99. The Morgan fingerprint density at radius 1 is 0.716 bits per heavy atom. The Morgan fingerprint density at radius 3 is 1.80 bits per heavy atom. The standard InChI is InChI=1S/C46H75N13O15/c1-8-22(6)30-42(70)58-31(23(7)61)41(69)52-18-28(62)56-33(35(64)37(48)65)44(72)55-27(19-60)45(73)74-36(24-13-10-9-11-14-24)29(47)40(68)59-32(34(63)21(4)5)43(71)54-26(17-20(2)3)39(67)53-25(38(66)57-30)15-12-16-51-46(49)50/h9-11,13-14,20-23,25-27,29-36,60-61,63-64H,8,12,15-19,47H2,1-7H3,(H2,48,65)(H,52,69)(H,53,67)(H,54,71)(H,55,72)(H,56,62)(H,57,66)(H,58,70)(H,59,68)(H4,49,50,51)/t22-,23-,25+,26-,27-,29-,30?,31?,32?,33?,34+,35-,36+/m0/s1. The predicted molar refractivity (Wildman–Crippen MR) is 263 cm³/mol. The number of nitrogens with two attached hydrogens (primary N) is 3. The summed E-state index contributed by atoms with van der Waals surface area (Å²) in [4.78, 5) is 137. The third-order valence-electron chi connectivity index (χ3n) is 11.8. The first-order chi connectivity index (χ1) is 34.6. The average Bonchev–Trinajstić information content (AvgIpc) is 3.34. The fourth-order valence-corrected chi connectivity index (χ4v) is 7.31. The lowest BCUT2D eigenvalue weighted by Gasteiger charge is -2.32. The van der Waals surface area contributed by atoms with E-state index < -0.39 is 157 Å². The minimum Gasteiger partial charge on any atom is -0.454 e. The number of cyclic esters (lactones) is 1. The molecule has 1 aliphatic heterocycles.